The molecule has 2 aromatic rings. The molecule has 1 unspecified atom stereocenters. The predicted molar refractivity (Wildman–Crippen MR) is 107 cm³/mol. The Bertz CT molecular complexity index is 917. The number of fused-ring (bicyclic) bond motifs is 2. The molecule has 0 saturated carbocycles. The second-order valence-electron chi connectivity index (χ2n) is 7.22. The summed E-state index contributed by atoms with van der Waals surface area (Å²) in [6.45, 7) is 0.598. The van der Waals surface area contributed by atoms with Crippen LogP contribution in [0.3, 0.4) is 0 Å². The molecule has 2 aliphatic rings. The van der Waals surface area contributed by atoms with Crippen molar-refractivity contribution in [2.45, 2.75) is 24.9 Å². The number of Topliss-reactive ketones (excluding diaryl/α,β-unsaturated/α-hetero) is 1. The summed E-state index contributed by atoms with van der Waals surface area (Å²) in [6.07, 6.45) is 1.62. The predicted octanol–water partition coefficient (Wildman–Crippen LogP) is 2.21. The van der Waals surface area contributed by atoms with Crippen LogP contribution in [0, 0.1) is 0 Å². The van der Waals surface area contributed by atoms with Crippen molar-refractivity contribution in [3.8, 4) is 0 Å². The largest absolute Gasteiger partial charge is 0.493 e. The zero-order valence-electron chi connectivity index (χ0n) is 16.1. The van der Waals surface area contributed by atoms with Gasteiger partial charge in [-0.25, -0.2) is 0 Å². The van der Waals surface area contributed by atoms with Gasteiger partial charge in [-0.15, -0.1) is 0 Å². The average Bonchev–Trinajstić information content (AvgIpc) is 2.74. The molecule has 144 valence electrons. The van der Waals surface area contributed by atoms with Gasteiger partial charge in [-0.05, 0) is 23.9 Å². The van der Waals surface area contributed by atoms with Crippen LogP contribution in [0.15, 0.2) is 54.1 Å². The SMILES string of the molecule is COB(OC)c1ccc(CC2(O)C(=O)C3=C(OCCC3)c3ccccc32)cc1. The van der Waals surface area contributed by atoms with E-state index in [-0.39, 0.29) is 12.2 Å². The van der Waals surface area contributed by atoms with Crippen LogP contribution in [-0.4, -0.2) is 38.8 Å². The molecule has 0 aromatic heterocycles. The molecule has 5 nitrogen and oxygen atoms in total. The summed E-state index contributed by atoms with van der Waals surface area (Å²) < 4.78 is 16.4. The highest BCUT2D eigenvalue weighted by Crippen LogP contribution is 2.44. The molecule has 1 aliphatic heterocycles. The van der Waals surface area contributed by atoms with Gasteiger partial charge < -0.3 is 19.2 Å². The number of hydrogen-bond donors (Lipinski definition) is 1. The number of benzene rings is 2. The van der Waals surface area contributed by atoms with Crippen LogP contribution in [0.25, 0.3) is 5.76 Å². The highest BCUT2D eigenvalue weighted by molar-refractivity contribution is 6.61. The molecule has 6 heteroatoms. The Kier molecular flexibility index (Phi) is 5.10. The molecule has 0 spiro atoms. The molecule has 0 amide bonds. The molecule has 2 aromatic carbocycles. The van der Waals surface area contributed by atoms with E-state index < -0.39 is 12.7 Å². The highest BCUT2D eigenvalue weighted by Gasteiger charge is 2.47. The molecular weight excluding hydrogens is 355 g/mol. The number of ketones is 1. The minimum absolute atomic E-state index is 0.199. The van der Waals surface area contributed by atoms with Crippen LogP contribution in [0.2, 0.25) is 0 Å². The van der Waals surface area contributed by atoms with E-state index in [0.717, 1.165) is 23.0 Å². The molecule has 4 rings (SSSR count). The van der Waals surface area contributed by atoms with Gasteiger partial charge in [0, 0.05) is 37.3 Å². The second kappa shape index (κ2) is 7.55. The van der Waals surface area contributed by atoms with E-state index in [1.807, 2.05) is 48.5 Å². The van der Waals surface area contributed by atoms with Gasteiger partial charge in [0.1, 0.15) is 5.76 Å². The molecular formula is C22H23BO5. The van der Waals surface area contributed by atoms with E-state index in [2.05, 4.69) is 0 Å². The summed E-state index contributed by atoms with van der Waals surface area (Å²) in [7, 11) is 2.72. The Morgan fingerprint density at radius 1 is 1.11 bits per heavy atom. The summed E-state index contributed by atoms with van der Waals surface area (Å²) in [5, 5.41) is 11.6. The first-order valence-corrected chi connectivity index (χ1v) is 9.46. The van der Waals surface area contributed by atoms with E-state index in [0.29, 0.717) is 29.9 Å². The van der Waals surface area contributed by atoms with Crippen LogP contribution < -0.4 is 5.46 Å². The van der Waals surface area contributed by atoms with Crippen molar-refractivity contribution in [2.75, 3.05) is 20.8 Å². The Morgan fingerprint density at radius 2 is 1.82 bits per heavy atom. The Labute approximate surface area is 165 Å². The Morgan fingerprint density at radius 3 is 2.54 bits per heavy atom. The molecule has 1 heterocycles. The van der Waals surface area contributed by atoms with Gasteiger partial charge in [0.05, 0.1) is 6.61 Å². The normalized spacial score (nSPS) is 21.0. The van der Waals surface area contributed by atoms with Gasteiger partial charge in [0.15, 0.2) is 11.4 Å². The fourth-order valence-corrected chi connectivity index (χ4v) is 4.13. The smallest absolute Gasteiger partial charge is 0.493 e. The van der Waals surface area contributed by atoms with E-state index >= 15 is 0 Å². The van der Waals surface area contributed by atoms with Crippen LogP contribution in [0.4, 0.5) is 0 Å². The lowest BCUT2D eigenvalue weighted by atomic mass is 9.72. The third-order valence-electron chi connectivity index (χ3n) is 5.50. The quantitative estimate of drug-likeness (QED) is 0.809. The third kappa shape index (κ3) is 3.07. The Hall–Kier alpha value is -2.41. The summed E-state index contributed by atoms with van der Waals surface area (Å²) in [4.78, 5) is 13.3. The number of hydrogen-bond acceptors (Lipinski definition) is 5. The highest BCUT2D eigenvalue weighted by atomic mass is 16.6. The maximum Gasteiger partial charge on any atom is 0.493 e. The van der Waals surface area contributed by atoms with Crippen molar-refractivity contribution < 1.29 is 23.9 Å². The third-order valence-corrected chi connectivity index (χ3v) is 5.50. The fraction of sp³-hybridized carbons (Fsp3) is 0.318. The first-order valence-electron chi connectivity index (χ1n) is 9.46. The molecule has 0 saturated heterocycles. The second-order valence-corrected chi connectivity index (χ2v) is 7.22. The lowest BCUT2D eigenvalue weighted by Gasteiger charge is -2.37. The van der Waals surface area contributed by atoms with Crippen LogP contribution in [0.1, 0.15) is 29.5 Å². The van der Waals surface area contributed by atoms with Gasteiger partial charge in [0.25, 0.3) is 0 Å². The molecule has 28 heavy (non-hydrogen) atoms. The summed E-state index contributed by atoms with van der Waals surface area (Å²) >= 11 is 0. The van der Waals surface area contributed by atoms with E-state index in [4.69, 9.17) is 14.0 Å². The lowest BCUT2D eigenvalue weighted by molar-refractivity contribution is -0.135. The Balaban J connectivity index is 1.71. The van der Waals surface area contributed by atoms with Crippen molar-refractivity contribution in [1.29, 1.82) is 0 Å². The van der Waals surface area contributed by atoms with Crippen LogP contribution in [-0.2, 0) is 30.9 Å². The molecule has 1 aliphatic carbocycles. The maximum atomic E-state index is 13.3. The van der Waals surface area contributed by atoms with Crippen molar-refractivity contribution in [2.24, 2.45) is 0 Å². The van der Waals surface area contributed by atoms with Gasteiger partial charge in [-0.1, -0.05) is 48.5 Å². The van der Waals surface area contributed by atoms with Gasteiger partial charge in [-0.2, -0.15) is 0 Å². The molecule has 0 bridgehead atoms. The summed E-state index contributed by atoms with van der Waals surface area (Å²) in [5.74, 6) is 0.381. The standard InChI is InChI=1S/C22H23BO5/c1-26-23(27-2)16-11-9-15(10-12-16)14-22(25)19-8-4-3-6-17(19)20-18(21(22)24)7-5-13-28-20/h3-4,6,8-12,25H,5,7,13-14H2,1-2H3. The van der Waals surface area contributed by atoms with Crippen molar-refractivity contribution >= 4 is 24.1 Å². The minimum Gasteiger partial charge on any atom is -0.493 e. The molecule has 1 N–H and O–H groups in total. The zero-order valence-corrected chi connectivity index (χ0v) is 16.1. The van der Waals surface area contributed by atoms with Crippen molar-refractivity contribution in [3.05, 3.63) is 70.8 Å². The fourth-order valence-electron chi connectivity index (χ4n) is 4.13. The average molecular weight is 378 g/mol. The number of rotatable bonds is 5. The van der Waals surface area contributed by atoms with Crippen LogP contribution in [0.5, 0.6) is 0 Å². The minimum atomic E-state index is -1.60. The van der Waals surface area contributed by atoms with Crippen LogP contribution >= 0.6 is 0 Å². The van der Waals surface area contributed by atoms with Gasteiger partial charge in [0.2, 0.25) is 0 Å². The van der Waals surface area contributed by atoms with E-state index in [9.17, 15) is 9.90 Å². The molecule has 0 radical (unpaired) electrons. The number of carbonyl (C=O) groups excluding carboxylic acids is 1. The topological polar surface area (TPSA) is 65.0 Å². The van der Waals surface area contributed by atoms with Crippen molar-refractivity contribution in [3.63, 3.8) is 0 Å². The first-order chi connectivity index (χ1) is 13.6. The van der Waals surface area contributed by atoms with Gasteiger partial charge in [-0.3, -0.25) is 4.79 Å². The maximum absolute atomic E-state index is 13.3. The number of carbonyl (C=O) groups is 1. The molecule has 1 atom stereocenters. The first kappa shape index (κ1) is 18.9. The van der Waals surface area contributed by atoms with E-state index in [1.165, 1.54) is 0 Å². The van der Waals surface area contributed by atoms with Crippen molar-refractivity contribution in [1.82, 2.24) is 0 Å². The monoisotopic (exact) mass is 378 g/mol. The lowest BCUT2D eigenvalue weighted by Crippen LogP contribution is -2.43. The number of ether oxygens (including phenoxy) is 1. The van der Waals surface area contributed by atoms with Gasteiger partial charge >= 0.3 is 7.12 Å². The molecule has 0 fully saturated rings. The number of aliphatic hydroxyl groups is 1. The zero-order chi connectivity index (χ0) is 19.7. The summed E-state index contributed by atoms with van der Waals surface area (Å²) in [5.41, 5.74) is 2.16. The van der Waals surface area contributed by atoms with E-state index in [1.54, 1.807) is 14.2 Å². The summed E-state index contributed by atoms with van der Waals surface area (Å²) in [6, 6.07) is 15.1.